The first kappa shape index (κ1) is 16.0. The minimum Gasteiger partial charge on any atom is -0.319 e. The summed E-state index contributed by atoms with van der Waals surface area (Å²) in [6.45, 7) is 1.05. The number of amides is 4. The Hall–Kier alpha value is -2.88. The number of halogens is 1. The smallest absolute Gasteiger partial charge is 0.319 e. The summed E-state index contributed by atoms with van der Waals surface area (Å²) in [5, 5.41) is 12.5. The van der Waals surface area contributed by atoms with E-state index in [0.29, 0.717) is 5.56 Å². The van der Waals surface area contributed by atoms with Crippen LogP contribution in [0.15, 0.2) is 29.8 Å². The molecule has 1 saturated heterocycles. The van der Waals surface area contributed by atoms with E-state index in [-0.39, 0.29) is 5.13 Å². The van der Waals surface area contributed by atoms with Crippen molar-refractivity contribution in [2.45, 2.75) is 12.5 Å². The monoisotopic (exact) mass is 349 g/mol. The Balaban J connectivity index is 1.76. The van der Waals surface area contributed by atoms with Crippen LogP contribution in [-0.2, 0) is 15.1 Å². The summed E-state index contributed by atoms with van der Waals surface area (Å²) in [5.41, 5.74) is 0.511. The SMILES string of the molecule is CC1(c2ccc(F)cc2)NC(=O)N(CC(=O)Nc2nncs2)C1=O. The number of nitrogens with one attached hydrogen (secondary N) is 2. The van der Waals surface area contributed by atoms with Crippen molar-refractivity contribution < 1.29 is 18.8 Å². The number of carbonyl (C=O) groups excluding carboxylic acids is 3. The van der Waals surface area contributed by atoms with Crippen LogP contribution in [0.25, 0.3) is 0 Å². The van der Waals surface area contributed by atoms with Crippen molar-refractivity contribution in [2.75, 3.05) is 11.9 Å². The van der Waals surface area contributed by atoms with E-state index < -0.39 is 35.7 Å². The number of hydrogen-bond acceptors (Lipinski definition) is 6. The van der Waals surface area contributed by atoms with E-state index in [0.717, 1.165) is 16.2 Å². The second-order valence-corrected chi connectivity index (χ2v) is 6.08. The third-order valence-corrected chi connectivity index (χ3v) is 4.21. The maximum Gasteiger partial charge on any atom is 0.325 e. The highest BCUT2D eigenvalue weighted by Crippen LogP contribution is 2.28. The molecule has 24 heavy (non-hydrogen) atoms. The van der Waals surface area contributed by atoms with E-state index in [2.05, 4.69) is 20.8 Å². The van der Waals surface area contributed by atoms with Crippen molar-refractivity contribution in [1.29, 1.82) is 0 Å². The van der Waals surface area contributed by atoms with Crippen LogP contribution in [0.1, 0.15) is 12.5 Å². The van der Waals surface area contributed by atoms with E-state index in [1.807, 2.05) is 0 Å². The fourth-order valence-electron chi connectivity index (χ4n) is 2.35. The van der Waals surface area contributed by atoms with Gasteiger partial charge in [-0.05, 0) is 24.6 Å². The van der Waals surface area contributed by atoms with Crippen LogP contribution in [-0.4, -0.2) is 39.5 Å². The molecule has 2 aromatic rings. The molecule has 2 heterocycles. The predicted octanol–water partition coefficient (Wildman–Crippen LogP) is 1.08. The van der Waals surface area contributed by atoms with Gasteiger partial charge in [-0.1, -0.05) is 23.5 Å². The predicted molar refractivity (Wildman–Crippen MR) is 82.5 cm³/mol. The second kappa shape index (κ2) is 5.96. The zero-order valence-electron chi connectivity index (χ0n) is 12.4. The number of imide groups is 1. The summed E-state index contributed by atoms with van der Waals surface area (Å²) >= 11 is 1.12. The molecule has 1 atom stereocenters. The molecule has 124 valence electrons. The Bertz CT molecular complexity index is 795. The Morgan fingerprint density at radius 3 is 2.71 bits per heavy atom. The molecule has 0 radical (unpaired) electrons. The lowest BCUT2D eigenvalue weighted by Gasteiger charge is -2.22. The number of carbonyl (C=O) groups is 3. The van der Waals surface area contributed by atoms with Gasteiger partial charge in [-0.2, -0.15) is 0 Å². The molecular weight excluding hydrogens is 337 g/mol. The molecule has 4 amide bonds. The third-order valence-electron chi connectivity index (χ3n) is 3.60. The van der Waals surface area contributed by atoms with E-state index in [9.17, 15) is 18.8 Å². The van der Waals surface area contributed by atoms with E-state index in [1.165, 1.54) is 36.7 Å². The number of aromatic nitrogens is 2. The van der Waals surface area contributed by atoms with E-state index in [4.69, 9.17) is 0 Å². The number of nitrogens with zero attached hydrogens (tertiary/aromatic N) is 3. The summed E-state index contributed by atoms with van der Waals surface area (Å²) < 4.78 is 13.1. The Morgan fingerprint density at radius 2 is 2.08 bits per heavy atom. The average Bonchev–Trinajstić information content (AvgIpc) is 3.11. The fraction of sp³-hybridized carbons (Fsp3) is 0.214. The van der Waals surface area contributed by atoms with Gasteiger partial charge < -0.3 is 5.32 Å². The lowest BCUT2D eigenvalue weighted by molar-refractivity contribution is -0.133. The van der Waals surface area contributed by atoms with Gasteiger partial charge in [0.05, 0.1) is 0 Å². The zero-order valence-corrected chi connectivity index (χ0v) is 13.3. The highest BCUT2D eigenvalue weighted by Gasteiger charge is 2.49. The minimum absolute atomic E-state index is 0.272. The highest BCUT2D eigenvalue weighted by atomic mass is 32.1. The Kier molecular flexibility index (Phi) is 3.97. The van der Waals surface area contributed by atoms with Gasteiger partial charge in [0.1, 0.15) is 23.4 Å². The summed E-state index contributed by atoms with van der Waals surface area (Å²) in [4.78, 5) is 37.5. The van der Waals surface area contributed by atoms with Crippen LogP contribution in [0.4, 0.5) is 14.3 Å². The first-order valence-corrected chi connectivity index (χ1v) is 7.74. The normalized spacial score (nSPS) is 20.2. The van der Waals surface area contributed by atoms with Gasteiger partial charge >= 0.3 is 6.03 Å². The number of rotatable bonds is 4. The van der Waals surface area contributed by atoms with Crippen molar-refractivity contribution in [3.05, 3.63) is 41.2 Å². The van der Waals surface area contributed by atoms with Gasteiger partial charge in [0, 0.05) is 0 Å². The molecule has 1 fully saturated rings. The van der Waals surface area contributed by atoms with Crippen LogP contribution < -0.4 is 10.6 Å². The van der Waals surface area contributed by atoms with Gasteiger partial charge in [0.25, 0.3) is 5.91 Å². The van der Waals surface area contributed by atoms with Gasteiger partial charge in [-0.25, -0.2) is 9.18 Å². The first-order chi connectivity index (χ1) is 11.4. The molecule has 1 aliphatic rings. The van der Waals surface area contributed by atoms with Crippen molar-refractivity contribution >= 4 is 34.3 Å². The van der Waals surface area contributed by atoms with Gasteiger partial charge in [-0.3, -0.25) is 19.8 Å². The highest BCUT2D eigenvalue weighted by molar-refractivity contribution is 7.13. The molecule has 1 aliphatic heterocycles. The number of hydrogen-bond donors (Lipinski definition) is 2. The van der Waals surface area contributed by atoms with Crippen LogP contribution in [0.3, 0.4) is 0 Å². The van der Waals surface area contributed by atoms with Crippen LogP contribution in [0, 0.1) is 5.82 Å². The second-order valence-electron chi connectivity index (χ2n) is 5.25. The molecule has 0 saturated carbocycles. The molecule has 1 aromatic carbocycles. The largest absolute Gasteiger partial charge is 0.325 e. The topological polar surface area (TPSA) is 104 Å². The van der Waals surface area contributed by atoms with Gasteiger partial charge in [0.15, 0.2) is 0 Å². The number of anilines is 1. The zero-order chi connectivity index (χ0) is 17.3. The summed E-state index contributed by atoms with van der Waals surface area (Å²) in [5.74, 6) is -1.61. The lowest BCUT2D eigenvalue weighted by Crippen LogP contribution is -2.42. The molecule has 3 rings (SSSR count). The third kappa shape index (κ3) is 2.83. The van der Waals surface area contributed by atoms with E-state index >= 15 is 0 Å². The van der Waals surface area contributed by atoms with Gasteiger partial charge in [0.2, 0.25) is 11.0 Å². The van der Waals surface area contributed by atoms with E-state index in [1.54, 1.807) is 0 Å². The molecule has 0 aliphatic carbocycles. The molecule has 0 bridgehead atoms. The molecular formula is C14H12FN5O3S. The maximum atomic E-state index is 13.1. The molecule has 0 spiro atoms. The molecule has 8 nitrogen and oxygen atoms in total. The van der Waals surface area contributed by atoms with Crippen LogP contribution >= 0.6 is 11.3 Å². The number of benzene rings is 1. The first-order valence-electron chi connectivity index (χ1n) is 6.86. The molecule has 1 unspecified atom stereocenters. The Labute approximate surface area is 139 Å². The van der Waals surface area contributed by atoms with Crippen molar-refractivity contribution in [1.82, 2.24) is 20.4 Å². The standard InChI is InChI=1S/C14H12FN5O3S/c1-14(8-2-4-9(15)5-3-8)11(22)20(13(23)18-14)6-10(21)17-12-19-16-7-24-12/h2-5,7H,6H2,1H3,(H,18,23)(H,17,19,21). The summed E-state index contributed by atoms with van der Waals surface area (Å²) in [7, 11) is 0. The van der Waals surface area contributed by atoms with Crippen molar-refractivity contribution in [3.8, 4) is 0 Å². The van der Waals surface area contributed by atoms with Crippen molar-refractivity contribution in [2.24, 2.45) is 0 Å². The molecule has 2 N–H and O–H groups in total. The van der Waals surface area contributed by atoms with Gasteiger partial charge in [-0.15, -0.1) is 10.2 Å². The maximum absolute atomic E-state index is 13.1. The summed E-state index contributed by atoms with van der Waals surface area (Å²) in [6, 6.07) is 4.53. The quantitative estimate of drug-likeness (QED) is 0.804. The van der Waals surface area contributed by atoms with Crippen LogP contribution in [0.2, 0.25) is 0 Å². The van der Waals surface area contributed by atoms with Crippen LogP contribution in [0.5, 0.6) is 0 Å². The molecule has 10 heteroatoms. The van der Waals surface area contributed by atoms with Crippen molar-refractivity contribution in [3.63, 3.8) is 0 Å². The molecule has 1 aromatic heterocycles. The lowest BCUT2D eigenvalue weighted by atomic mass is 9.92. The fourth-order valence-corrected chi connectivity index (χ4v) is 2.81. The minimum atomic E-state index is -1.35. The number of urea groups is 1. The Morgan fingerprint density at radius 1 is 1.38 bits per heavy atom. The summed E-state index contributed by atoms with van der Waals surface area (Å²) in [6.07, 6.45) is 0. The average molecular weight is 349 g/mol.